The molecule has 0 radical (unpaired) electrons. The molecule has 0 fully saturated rings. The van der Waals surface area contributed by atoms with Gasteiger partial charge in [0.25, 0.3) is 0 Å². The van der Waals surface area contributed by atoms with E-state index in [-0.39, 0.29) is 5.79 Å². The van der Waals surface area contributed by atoms with Gasteiger partial charge >= 0.3 is 0 Å². The number of rotatable bonds is 15. The van der Waals surface area contributed by atoms with E-state index in [1.807, 2.05) is 0 Å². The molecule has 2 nitrogen and oxygen atoms in total. The molecule has 0 heterocycles. The fourth-order valence-electron chi connectivity index (χ4n) is 2.54. The fraction of sp³-hybridized carbons (Fsp3) is 1.00. The van der Waals surface area contributed by atoms with E-state index in [1.54, 1.807) is 0 Å². The lowest BCUT2D eigenvalue weighted by Crippen LogP contribution is -2.38. The van der Waals surface area contributed by atoms with E-state index in [2.05, 4.69) is 41.5 Å². The molecule has 134 valence electrons. The molecule has 0 aliphatic carbocycles. The molecule has 22 heavy (non-hydrogen) atoms. The summed E-state index contributed by atoms with van der Waals surface area (Å²) in [6, 6.07) is 0. The standard InChI is InChI=1S/C20H42O2/c1-7-9-11-12-13-15-20(14-10-8-2,21-16-18(3)4)22-17-19(5)6/h18-19H,7-17H2,1-6H3. The molecule has 0 atom stereocenters. The first kappa shape index (κ1) is 21.9. The van der Waals surface area contributed by atoms with E-state index in [4.69, 9.17) is 9.47 Å². The van der Waals surface area contributed by atoms with Crippen LogP contribution in [-0.2, 0) is 9.47 Å². The van der Waals surface area contributed by atoms with Crippen LogP contribution in [0.3, 0.4) is 0 Å². The summed E-state index contributed by atoms with van der Waals surface area (Å²) in [4.78, 5) is 0. The molecular weight excluding hydrogens is 272 g/mol. The quantitative estimate of drug-likeness (QED) is 0.251. The molecule has 0 spiro atoms. The Hall–Kier alpha value is -0.0800. The van der Waals surface area contributed by atoms with Crippen LogP contribution in [0.5, 0.6) is 0 Å². The van der Waals surface area contributed by atoms with Crippen molar-refractivity contribution >= 4 is 0 Å². The second-order valence-electron chi connectivity index (χ2n) is 7.59. The van der Waals surface area contributed by atoms with E-state index < -0.39 is 0 Å². The Morgan fingerprint density at radius 1 is 0.636 bits per heavy atom. The maximum atomic E-state index is 6.33. The van der Waals surface area contributed by atoms with E-state index >= 15 is 0 Å². The molecule has 0 bridgehead atoms. The zero-order valence-electron chi connectivity index (χ0n) is 16.2. The smallest absolute Gasteiger partial charge is 0.168 e. The third kappa shape index (κ3) is 11.5. The third-order valence-electron chi connectivity index (χ3n) is 3.93. The summed E-state index contributed by atoms with van der Waals surface area (Å²) < 4.78 is 12.7. The zero-order valence-corrected chi connectivity index (χ0v) is 16.2. The lowest BCUT2D eigenvalue weighted by atomic mass is 9.99. The van der Waals surface area contributed by atoms with Crippen LogP contribution in [0.4, 0.5) is 0 Å². The first-order valence-electron chi connectivity index (χ1n) is 9.73. The molecule has 0 amide bonds. The van der Waals surface area contributed by atoms with Crippen molar-refractivity contribution < 1.29 is 9.47 Å². The minimum absolute atomic E-state index is 0.337. The van der Waals surface area contributed by atoms with Gasteiger partial charge < -0.3 is 9.47 Å². The first-order valence-corrected chi connectivity index (χ1v) is 9.73. The summed E-state index contributed by atoms with van der Waals surface area (Å²) in [7, 11) is 0. The average molecular weight is 315 g/mol. The first-order chi connectivity index (χ1) is 10.5. The van der Waals surface area contributed by atoms with Gasteiger partial charge in [0.15, 0.2) is 5.79 Å². The normalized spacial score (nSPS) is 12.5. The Morgan fingerprint density at radius 2 is 1.09 bits per heavy atom. The summed E-state index contributed by atoms with van der Waals surface area (Å²) in [6.45, 7) is 15.0. The van der Waals surface area contributed by atoms with Crippen LogP contribution >= 0.6 is 0 Å². The molecule has 2 heteroatoms. The maximum absolute atomic E-state index is 6.33. The second-order valence-corrected chi connectivity index (χ2v) is 7.59. The van der Waals surface area contributed by atoms with Crippen LogP contribution in [0.15, 0.2) is 0 Å². The predicted molar refractivity (Wildman–Crippen MR) is 97.2 cm³/mol. The number of hydrogen-bond donors (Lipinski definition) is 0. The molecule has 0 saturated heterocycles. The Bertz CT molecular complexity index is 224. The highest BCUT2D eigenvalue weighted by Crippen LogP contribution is 2.29. The molecule has 0 rings (SSSR count). The van der Waals surface area contributed by atoms with Crippen LogP contribution in [0, 0.1) is 11.8 Å². The second kappa shape index (κ2) is 13.4. The Labute approximate surface area is 140 Å². The maximum Gasteiger partial charge on any atom is 0.168 e. The molecule has 0 unspecified atom stereocenters. The van der Waals surface area contributed by atoms with E-state index in [0.29, 0.717) is 11.8 Å². The van der Waals surface area contributed by atoms with E-state index in [9.17, 15) is 0 Å². The zero-order chi connectivity index (χ0) is 16.8. The molecule has 0 N–H and O–H groups in total. The van der Waals surface area contributed by atoms with E-state index in [0.717, 1.165) is 26.1 Å². The fourth-order valence-corrected chi connectivity index (χ4v) is 2.54. The predicted octanol–water partition coefficient (Wildman–Crippen LogP) is 6.58. The highest BCUT2D eigenvalue weighted by molar-refractivity contribution is 4.72. The molecule has 0 saturated carbocycles. The highest BCUT2D eigenvalue weighted by Gasteiger charge is 2.31. The number of ether oxygens (including phenoxy) is 2. The van der Waals surface area contributed by atoms with Gasteiger partial charge in [-0.2, -0.15) is 0 Å². The molecular formula is C20H42O2. The minimum Gasteiger partial charge on any atom is -0.350 e. The van der Waals surface area contributed by atoms with Crippen LogP contribution < -0.4 is 0 Å². The Morgan fingerprint density at radius 3 is 1.55 bits per heavy atom. The summed E-state index contributed by atoms with van der Waals surface area (Å²) >= 11 is 0. The van der Waals surface area contributed by atoms with Gasteiger partial charge in [-0.3, -0.25) is 0 Å². The molecule has 0 aliphatic rings. The van der Waals surface area contributed by atoms with Gasteiger partial charge in [0.05, 0.1) is 13.2 Å². The van der Waals surface area contributed by atoms with Gasteiger partial charge in [0.2, 0.25) is 0 Å². The SMILES string of the molecule is CCCCCCCC(CCCC)(OCC(C)C)OCC(C)C. The molecule has 0 aliphatic heterocycles. The van der Waals surface area contributed by atoms with Crippen molar-refractivity contribution in [2.45, 2.75) is 105 Å². The van der Waals surface area contributed by atoms with Crippen LogP contribution in [-0.4, -0.2) is 19.0 Å². The van der Waals surface area contributed by atoms with Gasteiger partial charge in [-0.25, -0.2) is 0 Å². The van der Waals surface area contributed by atoms with Crippen molar-refractivity contribution in [3.8, 4) is 0 Å². The van der Waals surface area contributed by atoms with Crippen molar-refractivity contribution in [2.75, 3.05) is 13.2 Å². The monoisotopic (exact) mass is 314 g/mol. The largest absolute Gasteiger partial charge is 0.350 e. The summed E-state index contributed by atoms with van der Waals surface area (Å²) in [5.74, 6) is 0.781. The number of unbranched alkanes of at least 4 members (excludes halogenated alkanes) is 5. The Balaban J connectivity index is 4.59. The van der Waals surface area contributed by atoms with Crippen molar-refractivity contribution in [1.29, 1.82) is 0 Å². The van der Waals surface area contributed by atoms with Crippen LogP contribution in [0.25, 0.3) is 0 Å². The highest BCUT2D eigenvalue weighted by atomic mass is 16.7. The topological polar surface area (TPSA) is 18.5 Å². The Kier molecular flexibility index (Phi) is 13.3. The van der Waals surface area contributed by atoms with Crippen molar-refractivity contribution in [3.05, 3.63) is 0 Å². The van der Waals surface area contributed by atoms with Crippen LogP contribution in [0.2, 0.25) is 0 Å². The van der Waals surface area contributed by atoms with Crippen molar-refractivity contribution in [1.82, 2.24) is 0 Å². The van der Waals surface area contributed by atoms with E-state index in [1.165, 1.54) is 44.9 Å². The van der Waals surface area contributed by atoms with Crippen LogP contribution in [0.1, 0.15) is 99.3 Å². The van der Waals surface area contributed by atoms with Gasteiger partial charge in [0.1, 0.15) is 0 Å². The summed E-state index contributed by atoms with van der Waals surface area (Å²) in [6.07, 6.45) is 11.0. The van der Waals surface area contributed by atoms with Gasteiger partial charge in [0, 0.05) is 12.8 Å². The van der Waals surface area contributed by atoms with Gasteiger partial charge in [-0.05, 0) is 24.7 Å². The van der Waals surface area contributed by atoms with Gasteiger partial charge in [-0.1, -0.05) is 73.6 Å². The van der Waals surface area contributed by atoms with Crippen molar-refractivity contribution in [2.24, 2.45) is 11.8 Å². The third-order valence-corrected chi connectivity index (χ3v) is 3.93. The summed E-state index contributed by atoms with van der Waals surface area (Å²) in [5.41, 5.74) is 0. The number of hydrogen-bond acceptors (Lipinski definition) is 2. The summed E-state index contributed by atoms with van der Waals surface area (Å²) in [5, 5.41) is 0. The lowest BCUT2D eigenvalue weighted by Gasteiger charge is -2.35. The average Bonchev–Trinajstić information content (AvgIpc) is 2.48. The lowest BCUT2D eigenvalue weighted by molar-refractivity contribution is -0.254. The molecule has 0 aromatic carbocycles. The van der Waals surface area contributed by atoms with Gasteiger partial charge in [-0.15, -0.1) is 0 Å². The molecule has 0 aromatic rings. The van der Waals surface area contributed by atoms with Crippen molar-refractivity contribution in [3.63, 3.8) is 0 Å². The minimum atomic E-state index is -0.337. The molecule has 0 aromatic heterocycles.